The van der Waals surface area contributed by atoms with Gasteiger partial charge in [-0.2, -0.15) is 0 Å². The van der Waals surface area contributed by atoms with Crippen molar-refractivity contribution in [2.45, 2.75) is 52.5 Å². The van der Waals surface area contributed by atoms with Crippen molar-refractivity contribution in [3.63, 3.8) is 0 Å². The van der Waals surface area contributed by atoms with E-state index in [4.69, 9.17) is 19.6 Å². The van der Waals surface area contributed by atoms with E-state index < -0.39 is 17.1 Å². The molecule has 0 saturated carbocycles. The van der Waals surface area contributed by atoms with Crippen molar-refractivity contribution in [2.75, 3.05) is 51.5 Å². The third-order valence-corrected chi connectivity index (χ3v) is 7.40. The third kappa shape index (κ3) is 4.68. The van der Waals surface area contributed by atoms with Crippen molar-refractivity contribution in [1.29, 1.82) is 5.41 Å². The van der Waals surface area contributed by atoms with Gasteiger partial charge in [0.2, 0.25) is 0 Å². The first kappa shape index (κ1) is 27.7. The lowest BCUT2D eigenvalue weighted by Gasteiger charge is -2.35. The zero-order valence-electron chi connectivity index (χ0n) is 23.3. The van der Waals surface area contributed by atoms with Gasteiger partial charge in [-0.05, 0) is 49.9 Å². The largest absolute Gasteiger partial charge is 0.502 e. The predicted octanol–water partition coefficient (Wildman–Crippen LogP) is 4.83. The van der Waals surface area contributed by atoms with Crippen LogP contribution in [0.2, 0.25) is 0 Å². The lowest BCUT2D eigenvalue weighted by Crippen LogP contribution is -2.42. The highest BCUT2D eigenvalue weighted by Gasteiger charge is 2.45. The Morgan fingerprint density at radius 1 is 1.21 bits per heavy atom. The molecule has 0 spiro atoms. The van der Waals surface area contributed by atoms with E-state index in [1.807, 2.05) is 26.0 Å². The molecule has 2 aliphatic rings. The first-order chi connectivity index (χ1) is 17.8. The van der Waals surface area contributed by atoms with Gasteiger partial charge in [0.05, 0.1) is 50.3 Å². The topological polar surface area (TPSA) is 95.3 Å². The second-order valence-corrected chi connectivity index (χ2v) is 11.2. The molecule has 0 bridgehead atoms. The van der Waals surface area contributed by atoms with E-state index in [1.165, 1.54) is 0 Å². The number of ether oxygens (including phenoxy) is 3. The molecule has 8 nitrogen and oxygen atoms in total. The molecular weight excluding hydrogens is 489 g/mol. The number of nitrogens with zero attached hydrogens (tertiary/aromatic N) is 2. The minimum absolute atomic E-state index is 0.0112. The van der Waals surface area contributed by atoms with Crippen LogP contribution in [0.5, 0.6) is 17.2 Å². The van der Waals surface area contributed by atoms with Crippen LogP contribution >= 0.6 is 0 Å². The Labute approximate surface area is 223 Å². The molecule has 1 fully saturated rings. The minimum Gasteiger partial charge on any atom is -0.502 e. The molecule has 206 valence electrons. The van der Waals surface area contributed by atoms with E-state index in [1.54, 1.807) is 25.0 Å². The Balaban J connectivity index is 1.74. The van der Waals surface area contributed by atoms with E-state index in [-0.39, 0.29) is 41.5 Å². The highest BCUT2D eigenvalue weighted by Crippen LogP contribution is 2.46. The quantitative estimate of drug-likeness (QED) is 0.498. The summed E-state index contributed by atoms with van der Waals surface area (Å²) < 4.78 is 32.0. The highest BCUT2D eigenvalue weighted by atomic mass is 19.1. The standard InChI is InChI=1S/C29H38FN3O5/c1-8-38-22-15-18-23(24(30)25(22)35)27(31)33(29(18,5)6)16-21(34)17-13-19(28(2,3)4)26(36-7)20(14-17)32-9-11-37-12-10-32/h13-15,31,35H,8-12,16H2,1-7H3. The number of methoxy groups -OCH3 is 1. The smallest absolute Gasteiger partial charge is 0.195 e. The predicted molar refractivity (Wildman–Crippen MR) is 145 cm³/mol. The molecule has 9 heteroatoms. The van der Waals surface area contributed by atoms with E-state index in [2.05, 4.69) is 25.7 Å². The molecule has 0 amide bonds. The monoisotopic (exact) mass is 527 g/mol. The molecule has 2 heterocycles. The SMILES string of the molecule is CCOc1cc2c(c(F)c1O)C(=N)N(CC(=O)c1cc(N3CCOCC3)c(OC)c(C(C)(C)C)c1)C2(C)C. The summed E-state index contributed by atoms with van der Waals surface area (Å²) in [5.74, 6) is -1.12. The average molecular weight is 528 g/mol. The number of hydrogen-bond donors (Lipinski definition) is 2. The van der Waals surface area contributed by atoms with Crippen LogP contribution in [-0.4, -0.2) is 68.2 Å². The van der Waals surface area contributed by atoms with Gasteiger partial charge in [-0.15, -0.1) is 0 Å². The zero-order chi connectivity index (χ0) is 28.0. The normalized spacial score (nSPS) is 17.0. The molecule has 38 heavy (non-hydrogen) atoms. The number of phenolic OH excluding ortho intramolecular Hbond substituents is 1. The van der Waals surface area contributed by atoms with Gasteiger partial charge in [0.15, 0.2) is 23.1 Å². The molecule has 4 rings (SSSR count). The number of benzene rings is 2. The van der Waals surface area contributed by atoms with Gasteiger partial charge in [0, 0.05) is 24.2 Å². The summed E-state index contributed by atoms with van der Waals surface area (Å²) in [5, 5.41) is 19.1. The number of hydrogen-bond acceptors (Lipinski definition) is 7. The number of Topliss-reactive ketones (excluding diaryl/α,β-unsaturated/α-hetero) is 1. The Morgan fingerprint density at radius 3 is 2.45 bits per heavy atom. The molecule has 0 aromatic heterocycles. The number of anilines is 1. The number of fused-ring (bicyclic) bond motifs is 1. The molecule has 0 radical (unpaired) electrons. The van der Waals surface area contributed by atoms with Crippen LogP contribution in [0.15, 0.2) is 18.2 Å². The number of amidine groups is 1. The van der Waals surface area contributed by atoms with E-state index >= 15 is 4.39 Å². The number of nitrogens with one attached hydrogen (secondary N) is 1. The van der Waals surface area contributed by atoms with Crippen LogP contribution in [0.25, 0.3) is 0 Å². The second kappa shape index (κ2) is 10.1. The fourth-order valence-electron chi connectivity index (χ4n) is 5.25. The molecule has 2 aromatic carbocycles. The van der Waals surface area contributed by atoms with Crippen molar-refractivity contribution in [3.05, 3.63) is 46.3 Å². The molecule has 1 saturated heterocycles. The Kier molecular flexibility index (Phi) is 7.36. The molecular formula is C29H38FN3O5. The Morgan fingerprint density at radius 2 is 1.87 bits per heavy atom. The van der Waals surface area contributed by atoms with E-state index in [0.717, 1.165) is 17.0 Å². The minimum atomic E-state index is -0.909. The van der Waals surface area contributed by atoms with Crippen LogP contribution in [0.3, 0.4) is 0 Å². The van der Waals surface area contributed by atoms with Crippen molar-refractivity contribution in [2.24, 2.45) is 0 Å². The lowest BCUT2D eigenvalue weighted by atomic mass is 9.84. The summed E-state index contributed by atoms with van der Waals surface area (Å²) in [6.07, 6.45) is 0. The number of halogens is 1. The van der Waals surface area contributed by atoms with Crippen LogP contribution in [0, 0.1) is 11.2 Å². The van der Waals surface area contributed by atoms with Gasteiger partial charge < -0.3 is 29.1 Å². The first-order valence-electron chi connectivity index (χ1n) is 13.0. The van der Waals surface area contributed by atoms with Crippen LogP contribution in [-0.2, 0) is 15.7 Å². The number of carbonyl (C=O) groups excluding carboxylic acids is 1. The average Bonchev–Trinajstić information content (AvgIpc) is 3.06. The van der Waals surface area contributed by atoms with Gasteiger partial charge in [-0.1, -0.05) is 20.8 Å². The number of morpholine rings is 1. The maximum absolute atomic E-state index is 15.2. The van der Waals surface area contributed by atoms with Crippen LogP contribution < -0.4 is 14.4 Å². The highest BCUT2D eigenvalue weighted by molar-refractivity contribution is 6.07. The van der Waals surface area contributed by atoms with Crippen LogP contribution in [0.1, 0.15) is 68.6 Å². The molecule has 2 aromatic rings. The second-order valence-electron chi connectivity index (χ2n) is 11.2. The zero-order valence-corrected chi connectivity index (χ0v) is 23.3. The van der Waals surface area contributed by atoms with Crippen molar-refractivity contribution in [3.8, 4) is 17.2 Å². The molecule has 0 unspecified atom stereocenters. The molecule has 2 aliphatic heterocycles. The summed E-state index contributed by atoms with van der Waals surface area (Å²) in [5.41, 5.74) is 1.54. The fraction of sp³-hybridized carbons (Fsp3) is 0.517. The Bertz CT molecular complexity index is 1260. The summed E-state index contributed by atoms with van der Waals surface area (Å²) in [6, 6.07) is 5.28. The summed E-state index contributed by atoms with van der Waals surface area (Å²) in [7, 11) is 1.64. The summed E-state index contributed by atoms with van der Waals surface area (Å²) in [6.45, 7) is 14.3. The number of rotatable bonds is 7. The van der Waals surface area contributed by atoms with Gasteiger partial charge in [0.1, 0.15) is 11.6 Å². The number of aromatic hydroxyl groups is 1. The van der Waals surface area contributed by atoms with Gasteiger partial charge in [-0.25, -0.2) is 4.39 Å². The molecule has 2 N–H and O–H groups in total. The summed E-state index contributed by atoms with van der Waals surface area (Å²) in [4.78, 5) is 17.6. The lowest BCUT2D eigenvalue weighted by molar-refractivity contribution is 0.0920. The van der Waals surface area contributed by atoms with E-state index in [0.29, 0.717) is 37.4 Å². The van der Waals surface area contributed by atoms with Crippen molar-refractivity contribution >= 4 is 17.3 Å². The van der Waals surface area contributed by atoms with E-state index in [9.17, 15) is 9.90 Å². The Hall–Kier alpha value is -3.33. The maximum atomic E-state index is 15.2. The van der Waals surface area contributed by atoms with Crippen molar-refractivity contribution in [1.82, 2.24) is 4.90 Å². The number of ketones is 1. The fourth-order valence-corrected chi connectivity index (χ4v) is 5.25. The first-order valence-corrected chi connectivity index (χ1v) is 13.0. The van der Waals surface area contributed by atoms with Gasteiger partial charge in [-0.3, -0.25) is 10.2 Å². The van der Waals surface area contributed by atoms with Crippen LogP contribution in [0.4, 0.5) is 10.1 Å². The van der Waals surface area contributed by atoms with Gasteiger partial charge in [0.25, 0.3) is 0 Å². The maximum Gasteiger partial charge on any atom is 0.195 e. The summed E-state index contributed by atoms with van der Waals surface area (Å²) >= 11 is 0. The number of phenols is 1. The molecule has 0 atom stereocenters. The van der Waals surface area contributed by atoms with Crippen molar-refractivity contribution < 1.29 is 28.5 Å². The third-order valence-electron chi connectivity index (χ3n) is 7.40. The molecule has 0 aliphatic carbocycles. The number of carbonyl (C=O) groups is 1. The van der Waals surface area contributed by atoms with Gasteiger partial charge >= 0.3 is 0 Å².